The van der Waals surface area contributed by atoms with Crippen LogP contribution in [0, 0.1) is 5.92 Å². The number of aromatic nitrogens is 2. The van der Waals surface area contributed by atoms with Crippen molar-refractivity contribution >= 4 is 50.4 Å². The number of carboxylic acid groups (broad SMARTS) is 1. The highest BCUT2D eigenvalue weighted by Gasteiger charge is 2.29. The third-order valence-electron chi connectivity index (χ3n) is 7.21. The number of fused-ring (bicyclic) bond motifs is 1. The molecule has 0 spiro atoms. The van der Waals surface area contributed by atoms with Gasteiger partial charge < -0.3 is 9.84 Å². The molecule has 1 fully saturated rings. The number of sulfonamides is 1. The number of methoxy groups -OCH3 is 1. The molecule has 1 heterocycles. The lowest BCUT2D eigenvalue weighted by atomic mass is 9.87. The normalized spacial score (nSPS) is 15.0. The van der Waals surface area contributed by atoms with Crippen molar-refractivity contribution < 1.29 is 27.9 Å². The van der Waals surface area contributed by atoms with Gasteiger partial charge in [-0.25, -0.2) is 18.4 Å². The maximum Gasteiger partial charge on any atom is 0.304 e. The first-order valence-electron chi connectivity index (χ1n) is 13.2. The van der Waals surface area contributed by atoms with Crippen LogP contribution in [0.15, 0.2) is 53.6 Å². The monoisotopic (exact) mass is 588 g/mol. The van der Waals surface area contributed by atoms with E-state index in [1.165, 1.54) is 19.2 Å². The summed E-state index contributed by atoms with van der Waals surface area (Å²) in [6.07, 6.45) is 6.20. The Bertz CT molecular complexity index is 1440. The molecule has 12 heteroatoms. The van der Waals surface area contributed by atoms with Crippen LogP contribution in [0.2, 0.25) is 5.02 Å². The van der Waals surface area contributed by atoms with Crippen LogP contribution < -0.4 is 5.32 Å². The first kappa shape index (κ1) is 29.9. The Morgan fingerprint density at radius 1 is 1.15 bits per heavy atom. The van der Waals surface area contributed by atoms with E-state index < -0.39 is 21.9 Å². The highest BCUT2D eigenvalue weighted by Crippen LogP contribution is 2.35. The number of nitrogens with zero attached hydrogens (tertiary/aromatic N) is 3. The Labute approximate surface area is 238 Å². The molecule has 1 saturated carbocycles. The van der Waals surface area contributed by atoms with E-state index in [1.54, 1.807) is 36.5 Å². The number of carboxylic acids is 1. The smallest absolute Gasteiger partial charge is 0.304 e. The van der Waals surface area contributed by atoms with Gasteiger partial charge >= 0.3 is 5.97 Å². The summed E-state index contributed by atoms with van der Waals surface area (Å²) in [5.74, 6) is -1.34. The molecule has 2 aromatic carbocycles. The molecule has 1 aliphatic rings. The van der Waals surface area contributed by atoms with Gasteiger partial charge in [0.1, 0.15) is 0 Å². The molecule has 40 heavy (non-hydrogen) atoms. The van der Waals surface area contributed by atoms with Gasteiger partial charge in [0, 0.05) is 31.8 Å². The molecular formula is C28H33ClN4O6S. The number of hydrogen-bond donors (Lipinski definition) is 2. The summed E-state index contributed by atoms with van der Waals surface area (Å²) in [6, 6.07) is 11.6. The van der Waals surface area contributed by atoms with Crippen LogP contribution in [0.25, 0.3) is 10.9 Å². The molecule has 1 atom stereocenters. The first-order chi connectivity index (χ1) is 19.2. The third kappa shape index (κ3) is 7.34. The number of halogens is 1. The van der Waals surface area contributed by atoms with Crippen LogP contribution in [-0.4, -0.2) is 66.5 Å². The Morgan fingerprint density at radius 2 is 1.88 bits per heavy atom. The third-order valence-corrected chi connectivity index (χ3v) is 9.45. The number of aliphatic carboxylic acids is 1. The maximum atomic E-state index is 13.5. The van der Waals surface area contributed by atoms with E-state index in [9.17, 15) is 18.0 Å². The largest absolute Gasteiger partial charge is 0.481 e. The summed E-state index contributed by atoms with van der Waals surface area (Å²) >= 11 is 6.22. The van der Waals surface area contributed by atoms with Crippen molar-refractivity contribution in [3.05, 3.63) is 59.2 Å². The van der Waals surface area contributed by atoms with Crippen molar-refractivity contribution in [2.45, 2.75) is 49.3 Å². The van der Waals surface area contributed by atoms with E-state index in [0.717, 1.165) is 30.0 Å². The van der Waals surface area contributed by atoms with E-state index in [1.807, 2.05) is 0 Å². The van der Waals surface area contributed by atoms with Crippen molar-refractivity contribution in [2.75, 3.05) is 32.1 Å². The molecule has 1 aromatic heterocycles. The summed E-state index contributed by atoms with van der Waals surface area (Å²) in [6.45, 7) is -0.0202. The van der Waals surface area contributed by atoms with E-state index in [-0.39, 0.29) is 42.9 Å². The molecular weight excluding hydrogens is 556 g/mol. The fourth-order valence-corrected chi connectivity index (χ4v) is 6.68. The second-order valence-corrected chi connectivity index (χ2v) is 12.2. The number of amides is 1. The van der Waals surface area contributed by atoms with Crippen molar-refractivity contribution in [3.63, 3.8) is 0 Å². The zero-order chi connectivity index (χ0) is 28.7. The van der Waals surface area contributed by atoms with Crippen molar-refractivity contribution in [1.82, 2.24) is 14.3 Å². The lowest BCUT2D eigenvalue weighted by Gasteiger charge is -2.23. The van der Waals surface area contributed by atoms with E-state index in [0.29, 0.717) is 33.8 Å². The van der Waals surface area contributed by atoms with Crippen molar-refractivity contribution in [1.29, 1.82) is 0 Å². The lowest BCUT2D eigenvalue weighted by Crippen LogP contribution is -2.35. The maximum absolute atomic E-state index is 13.5. The van der Waals surface area contributed by atoms with Crippen LogP contribution in [0.1, 0.15) is 50.0 Å². The Hall–Kier alpha value is -3.12. The van der Waals surface area contributed by atoms with Crippen LogP contribution in [0.3, 0.4) is 0 Å². The average Bonchev–Trinajstić information content (AvgIpc) is 3.45. The number of carbonyl (C=O) groups excluding carboxylic acids is 1. The second-order valence-electron chi connectivity index (χ2n) is 9.90. The zero-order valence-corrected chi connectivity index (χ0v) is 23.8. The molecule has 0 bridgehead atoms. The highest BCUT2D eigenvalue weighted by atomic mass is 35.5. The van der Waals surface area contributed by atoms with E-state index >= 15 is 0 Å². The molecule has 4 rings (SSSR count). The van der Waals surface area contributed by atoms with Crippen molar-refractivity contribution in [3.8, 4) is 0 Å². The van der Waals surface area contributed by atoms with Gasteiger partial charge in [-0.2, -0.15) is 4.31 Å². The van der Waals surface area contributed by atoms with Crippen LogP contribution in [-0.2, 0) is 24.3 Å². The van der Waals surface area contributed by atoms with Gasteiger partial charge in [0.15, 0.2) is 0 Å². The number of carbonyl (C=O) groups is 2. The fourth-order valence-electron chi connectivity index (χ4n) is 5.04. The standard InChI is InChI=1S/C28H33ClN4O6S/c1-39-16-15-33(14-13-26(34)35)40(37,38)21-11-9-20(10-12-21)22(17-19-5-2-3-6-19)27(36)32-28-30-18-23-24(29)7-4-8-25(23)31-28/h4,7-12,18-19,22H,2-3,5-6,13-17H2,1H3,(H,34,35)(H,30,31,32,36). The quantitative estimate of drug-likeness (QED) is 0.293. The van der Waals surface area contributed by atoms with Gasteiger partial charge in [0.25, 0.3) is 0 Å². The van der Waals surface area contributed by atoms with Crippen molar-refractivity contribution in [2.24, 2.45) is 5.92 Å². The minimum absolute atomic E-state index is 0.0208. The minimum Gasteiger partial charge on any atom is -0.481 e. The molecule has 0 radical (unpaired) electrons. The van der Waals surface area contributed by atoms with E-state index in [2.05, 4.69) is 15.3 Å². The number of rotatable bonds is 13. The predicted molar refractivity (Wildman–Crippen MR) is 152 cm³/mol. The van der Waals surface area contributed by atoms with Crippen LogP contribution in [0.5, 0.6) is 0 Å². The summed E-state index contributed by atoms with van der Waals surface area (Å²) in [5.41, 5.74) is 1.29. The molecule has 0 aliphatic heterocycles. The number of anilines is 1. The summed E-state index contributed by atoms with van der Waals surface area (Å²) in [5, 5.41) is 13.1. The van der Waals surface area contributed by atoms with Gasteiger partial charge in [-0.15, -0.1) is 0 Å². The summed E-state index contributed by atoms with van der Waals surface area (Å²) in [7, 11) is -2.52. The Morgan fingerprint density at radius 3 is 2.55 bits per heavy atom. The van der Waals surface area contributed by atoms with Gasteiger partial charge in [-0.1, -0.05) is 55.5 Å². The number of ether oxygens (including phenoxy) is 1. The predicted octanol–water partition coefficient (Wildman–Crippen LogP) is 4.70. The topological polar surface area (TPSA) is 139 Å². The fraction of sp³-hybridized carbons (Fsp3) is 0.429. The Balaban J connectivity index is 1.57. The summed E-state index contributed by atoms with van der Waals surface area (Å²) in [4.78, 5) is 33.4. The molecule has 10 nitrogen and oxygen atoms in total. The summed E-state index contributed by atoms with van der Waals surface area (Å²) < 4.78 is 32.7. The van der Waals surface area contributed by atoms with Gasteiger partial charge in [-0.3, -0.25) is 14.9 Å². The van der Waals surface area contributed by atoms with Crippen LogP contribution in [0.4, 0.5) is 5.95 Å². The molecule has 214 valence electrons. The first-order valence-corrected chi connectivity index (χ1v) is 15.0. The van der Waals surface area contributed by atoms with Gasteiger partial charge in [-0.05, 0) is 42.2 Å². The van der Waals surface area contributed by atoms with Gasteiger partial charge in [0.2, 0.25) is 21.9 Å². The number of hydrogen-bond acceptors (Lipinski definition) is 7. The van der Waals surface area contributed by atoms with Gasteiger partial charge in [0.05, 0.1) is 34.4 Å². The highest BCUT2D eigenvalue weighted by molar-refractivity contribution is 7.89. The Kier molecular flexibility index (Phi) is 10.1. The molecule has 2 N–H and O–H groups in total. The SMILES string of the molecule is COCCN(CCC(=O)O)S(=O)(=O)c1ccc(C(CC2CCCC2)C(=O)Nc2ncc3c(Cl)cccc3n2)cc1. The lowest BCUT2D eigenvalue weighted by molar-refractivity contribution is -0.137. The molecule has 1 aliphatic carbocycles. The minimum atomic E-state index is -3.97. The number of nitrogens with one attached hydrogen (secondary N) is 1. The van der Waals surface area contributed by atoms with Crippen LogP contribution >= 0.6 is 11.6 Å². The molecule has 0 saturated heterocycles. The number of benzene rings is 2. The average molecular weight is 589 g/mol. The van der Waals surface area contributed by atoms with E-state index in [4.69, 9.17) is 21.4 Å². The molecule has 1 amide bonds. The molecule has 3 aromatic rings. The molecule has 1 unspecified atom stereocenters. The zero-order valence-electron chi connectivity index (χ0n) is 22.3. The second kappa shape index (κ2) is 13.5.